The zero-order valence-electron chi connectivity index (χ0n) is 14.5. The monoisotopic (exact) mass is 390 g/mol. The predicted octanol–water partition coefficient (Wildman–Crippen LogP) is 2.36. The van der Waals surface area contributed by atoms with Gasteiger partial charge in [0.1, 0.15) is 11.6 Å². The Morgan fingerprint density at radius 3 is 2.19 bits per heavy atom. The minimum Gasteiger partial charge on any atom is -0.342 e. The van der Waals surface area contributed by atoms with E-state index in [0.29, 0.717) is 31.6 Å². The Balaban J connectivity index is 1.62. The summed E-state index contributed by atoms with van der Waals surface area (Å²) in [5.41, 5.74) is 1.10. The van der Waals surface area contributed by atoms with Gasteiger partial charge in [-0.3, -0.25) is 14.3 Å². The Bertz CT molecular complexity index is 931. The molecule has 0 aliphatic carbocycles. The van der Waals surface area contributed by atoms with Gasteiger partial charge in [-0.15, -0.1) is 0 Å². The Morgan fingerprint density at radius 2 is 1.59 bits per heavy atom. The molecule has 0 saturated carbocycles. The highest BCUT2D eigenvalue weighted by atomic mass is 32.2. The molecule has 27 heavy (non-hydrogen) atoms. The van der Waals surface area contributed by atoms with Crippen LogP contribution in [0.2, 0.25) is 0 Å². The summed E-state index contributed by atoms with van der Waals surface area (Å²) < 4.78 is 39.9. The van der Waals surface area contributed by atoms with Gasteiger partial charge in [0.25, 0.3) is 10.0 Å². The second kappa shape index (κ2) is 7.87. The Kier molecular flexibility index (Phi) is 5.55. The Labute approximate surface area is 157 Å². The second-order valence-electron chi connectivity index (χ2n) is 6.35. The quantitative estimate of drug-likeness (QED) is 0.850. The van der Waals surface area contributed by atoms with E-state index < -0.39 is 15.8 Å². The molecule has 0 spiro atoms. The van der Waals surface area contributed by atoms with E-state index >= 15 is 0 Å². The fourth-order valence-corrected chi connectivity index (χ4v) is 3.87. The van der Waals surface area contributed by atoms with Gasteiger partial charge in [-0.2, -0.15) is 0 Å². The Hall–Kier alpha value is -2.74. The predicted molar refractivity (Wildman–Crippen MR) is 98.2 cm³/mol. The van der Waals surface area contributed by atoms with Crippen molar-refractivity contribution in [3.63, 3.8) is 0 Å². The zero-order chi connectivity index (χ0) is 19.4. The first-order valence-electron chi connectivity index (χ1n) is 8.50. The van der Waals surface area contributed by atoms with Gasteiger partial charge >= 0.3 is 0 Å². The lowest BCUT2D eigenvalue weighted by Gasteiger charge is -2.26. The molecule has 1 N–H and O–H groups in total. The molecule has 1 amide bonds. The number of piperidine rings is 1. The molecular formula is C19H19FN2O4S. The molecule has 2 aromatic carbocycles. The third kappa shape index (κ3) is 4.91. The van der Waals surface area contributed by atoms with Crippen molar-refractivity contribution in [1.29, 1.82) is 0 Å². The number of halogens is 1. The maximum atomic E-state index is 12.9. The number of rotatable bonds is 5. The van der Waals surface area contributed by atoms with Gasteiger partial charge in [-0.25, -0.2) is 12.8 Å². The highest BCUT2D eigenvalue weighted by molar-refractivity contribution is 7.92. The van der Waals surface area contributed by atoms with Crippen LogP contribution in [0.3, 0.4) is 0 Å². The molecule has 2 aromatic rings. The normalized spacial score (nSPS) is 14.9. The summed E-state index contributed by atoms with van der Waals surface area (Å²) in [5, 5.41) is 0. The van der Waals surface area contributed by atoms with Crippen LogP contribution in [0.5, 0.6) is 0 Å². The minimum absolute atomic E-state index is 0.0391. The molecule has 142 valence electrons. The highest BCUT2D eigenvalue weighted by Crippen LogP contribution is 2.18. The maximum absolute atomic E-state index is 12.9. The molecule has 1 aliphatic rings. The number of nitrogens with one attached hydrogen (secondary N) is 1. The topological polar surface area (TPSA) is 83.6 Å². The van der Waals surface area contributed by atoms with Crippen LogP contribution >= 0.6 is 0 Å². The highest BCUT2D eigenvalue weighted by Gasteiger charge is 2.21. The summed E-state index contributed by atoms with van der Waals surface area (Å²) in [5.74, 6) is -0.389. The molecule has 3 rings (SSSR count). The fourth-order valence-electron chi connectivity index (χ4n) is 2.81. The van der Waals surface area contributed by atoms with Crippen molar-refractivity contribution >= 4 is 27.4 Å². The largest absolute Gasteiger partial charge is 0.342 e. The number of amides is 1. The number of nitrogens with zero attached hydrogens (tertiary/aromatic N) is 1. The van der Waals surface area contributed by atoms with Crippen molar-refractivity contribution in [3.05, 3.63) is 59.9 Å². The molecule has 6 nitrogen and oxygen atoms in total. The average Bonchev–Trinajstić information content (AvgIpc) is 2.64. The molecule has 8 heteroatoms. The van der Waals surface area contributed by atoms with Crippen molar-refractivity contribution in [1.82, 2.24) is 4.90 Å². The smallest absolute Gasteiger partial charge is 0.261 e. The molecule has 0 aromatic heterocycles. The first-order valence-corrected chi connectivity index (χ1v) is 9.98. The fraction of sp³-hybridized carbons (Fsp3) is 0.263. The van der Waals surface area contributed by atoms with Crippen LogP contribution < -0.4 is 4.72 Å². The third-order valence-electron chi connectivity index (χ3n) is 4.36. The SMILES string of the molecule is O=C1CCN(C(=O)Cc2ccc(NS(=O)(=O)c3ccc(F)cc3)cc2)CC1. The first-order chi connectivity index (χ1) is 12.8. The van der Waals surface area contributed by atoms with E-state index in [1.807, 2.05) is 0 Å². The standard InChI is InChI=1S/C19H19FN2O4S/c20-15-3-7-18(8-4-15)27(25,26)21-16-5-1-14(2-6-16)13-19(24)22-11-9-17(23)10-12-22/h1-8,21H,9-13H2. The van der Waals surface area contributed by atoms with Gasteiger partial charge in [0.15, 0.2) is 0 Å². The van der Waals surface area contributed by atoms with Crippen LogP contribution in [0.15, 0.2) is 53.4 Å². The van der Waals surface area contributed by atoms with Crippen LogP contribution in [0.1, 0.15) is 18.4 Å². The summed E-state index contributed by atoms with van der Waals surface area (Å²) >= 11 is 0. The van der Waals surface area contributed by atoms with Crippen LogP contribution in [-0.4, -0.2) is 38.1 Å². The number of hydrogen-bond acceptors (Lipinski definition) is 4. The van der Waals surface area contributed by atoms with Crippen molar-refractivity contribution in [2.45, 2.75) is 24.2 Å². The van der Waals surface area contributed by atoms with E-state index in [2.05, 4.69) is 4.72 Å². The average molecular weight is 390 g/mol. The van der Waals surface area contributed by atoms with E-state index in [0.717, 1.165) is 17.7 Å². The molecule has 1 fully saturated rings. The number of ketones is 1. The number of carbonyl (C=O) groups is 2. The van der Waals surface area contributed by atoms with Crippen LogP contribution in [0.4, 0.5) is 10.1 Å². The molecule has 0 radical (unpaired) electrons. The number of sulfonamides is 1. The number of hydrogen-bond donors (Lipinski definition) is 1. The molecule has 1 aliphatic heterocycles. The number of anilines is 1. The molecule has 1 saturated heterocycles. The molecule has 1 heterocycles. The number of benzene rings is 2. The summed E-state index contributed by atoms with van der Waals surface area (Å²) in [4.78, 5) is 25.2. The molecule has 0 bridgehead atoms. The number of Topliss-reactive ketones (excluding diaryl/α,β-unsaturated/α-hetero) is 1. The maximum Gasteiger partial charge on any atom is 0.261 e. The van der Waals surface area contributed by atoms with Gasteiger partial charge in [-0.1, -0.05) is 12.1 Å². The lowest BCUT2D eigenvalue weighted by atomic mass is 10.1. The van der Waals surface area contributed by atoms with Crippen LogP contribution in [-0.2, 0) is 26.0 Å². The van der Waals surface area contributed by atoms with Gasteiger partial charge in [0.2, 0.25) is 5.91 Å². The van der Waals surface area contributed by atoms with Gasteiger partial charge in [0.05, 0.1) is 11.3 Å². The third-order valence-corrected chi connectivity index (χ3v) is 5.76. The van der Waals surface area contributed by atoms with Crippen molar-refractivity contribution in [2.24, 2.45) is 0 Å². The zero-order valence-corrected chi connectivity index (χ0v) is 15.3. The van der Waals surface area contributed by atoms with Crippen LogP contribution in [0, 0.1) is 5.82 Å². The molecule has 0 atom stereocenters. The lowest BCUT2D eigenvalue weighted by Crippen LogP contribution is -2.39. The first kappa shape index (κ1) is 19.0. The van der Waals surface area contributed by atoms with E-state index in [4.69, 9.17) is 0 Å². The summed E-state index contributed by atoms with van der Waals surface area (Å²) in [6.45, 7) is 0.903. The van der Waals surface area contributed by atoms with E-state index in [1.54, 1.807) is 29.2 Å². The number of carbonyl (C=O) groups excluding carboxylic acids is 2. The van der Waals surface area contributed by atoms with E-state index in [-0.39, 0.29) is 23.0 Å². The van der Waals surface area contributed by atoms with Gasteiger partial charge in [-0.05, 0) is 42.0 Å². The Morgan fingerprint density at radius 1 is 1.00 bits per heavy atom. The van der Waals surface area contributed by atoms with Crippen molar-refractivity contribution in [2.75, 3.05) is 17.8 Å². The van der Waals surface area contributed by atoms with E-state index in [1.165, 1.54) is 12.1 Å². The van der Waals surface area contributed by atoms with Crippen molar-refractivity contribution < 1.29 is 22.4 Å². The summed E-state index contributed by atoms with van der Waals surface area (Å²) in [6.07, 6.45) is 0.991. The van der Waals surface area contributed by atoms with Crippen molar-refractivity contribution in [3.8, 4) is 0 Å². The molecular weight excluding hydrogens is 371 g/mol. The summed E-state index contributed by atoms with van der Waals surface area (Å²) in [7, 11) is -3.81. The van der Waals surface area contributed by atoms with E-state index in [9.17, 15) is 22.4 Å². The van der Waals surface area contributed by atoms with Gasteiger partial charge < -0.3 is 4.90 Å². The minimum atomic E-state index is -3.81. The lowest BCUT2D eigenvalue weighted by molar-refractivity contribution is -0.133. The van der Waals surface area contributed by atoms with Gasteiger partial charge in [0, 0.05) is 31.6 Å². The molecule has 0 unspecified atom stereocenters. The number of likely N-dealkylation sites (tertiary alicyclic amines) is 1. The summed E-state index contributed by atoms with van der Waals surface area (Å²) in [6, 6.07) is 11.0. The van der Waals surface area contributed by atoms with Crippen LogP contribution in [0.25, 0.3) is 0 Å². The second-order valence-corrected chi connectivity index (χ2v) is 8.03.